The zero-order chi connectivity index (χ0) is 11.1. The molecule has 0 saturated carbocycles. The van der Waals surface area contributed by atoms with Crippen molar-refractivity contribution in [3.8, 4) is 5.75 Å². The number of carbonyl (C=O) groups is 1. The van der Waals surface area contributed by atoms with Crippen LogP contribution < -0.4 is 4.74 Å². The smallest absolute Gasteiger partial charge is 0.180 e. The summed E-state index contributed by atoms with van der Waals surface area (Å²) in [5.74, 6) is 1.57. The molecule has 3 rings (SSSR count). The van der Waals surface area contributed by atoms with Crippen LogP contribution in [0.4, 0.5) is 0 Å². The lowest BCUT2D eigenvalue weighted by Gasteiger charge is -2.28. The predicted molar refractivity (Wildman–Crippen MR) is 64.4 cm³/mol. The fourth-order valence-electron chi connectivity index (χ4n) is 2.07. The van der Waals surface area contributed by atoms with Gasteiger partial charge in [-0.1, -0.05) is 18.2 Å². The van der Waals surface area contributed by atoms with Gasteiger partial charge in [0.2, 0.25) is 0 Å². The van der Waals surface area contributed by atoms with E-state index < -0.39 is 0 Å². The molecule has 2 nitrogen and oxygen atoms in total. The van der Waals surface area contributed by atoms with E-state index in [0.29, 0.717) is 4.48 Å². The molecule has 1 aromatic carbocycles. The van der Waals surface area contributed by atoms with E-state index in [2.05, 4.69) is 15.9 Å². The van der Waals surface area contributed by atoms with Crippen LogP contribution in [0.25, 0.3) is 0 Å². The Balaban J connectivity index is 2.06. The van der Waals surface area contributed by atoms with Crippen LogP contribution in [0.15, 0.2) is 46.7 Å². The lowest BCUT2D eigenvalue weighted by molar-refractivity contribution is -0.118. The maximum Gasteiger partial charge on any atom is 0.180 e. The van der Waals surface area contributed by atoms with Crippen LogP contribution in [0.1, 0.15) is 5.56 Å². The summed E-state index contributed by atoms with van der Waals surface area (Å²) in [5, 5.41) is 0. The van der Waals surface area contributed by atoms with Crippen molar-refractivity contribution in [2.75, 3.05) is 0 Å². The average Bonchev–Trinajstić information content (AvgIpc) is 2.32. The predicted octanol–water partition coefficient (Wildman–Crippen LogP) is 2.98. The van der Waals surface area contributed by atoms with Crippen LogP contribution in [0.5, 0.6) is 5.75 Å². The fraction of sp³-hybridized carbons (Fsp3) is 0.154. The minimum atomic E-state index is -0.158. The van der Waals surface area contributed by atoms with E-state index in [9.17, 15) is 4.79 Å². The largest absolute Gasteiger partial charge is 0.461 e. The van der Waals surface area contributed by atoms with Crippen molar-refractivity contribution in [1.29, 1.82) is 0 Å². The minimum absolute atomic E-state index is 0.104. The summed E-state index contributed by atoms with van der Waals surface area (Å²) in [5.41, 5.74) is 1.10. The zero-order valence-electron chi connectivity index (χ0n) is 8.44. The van der Waals surface area contributed by atoms with Gasteiger partial charge in [0.05, 0.1) is 10.4 Å². The van der Waals surface area contributed by atoms with E-state index in [-0.39, 0.29) is 11.7 Å². The van der Waals surface area contributed by atoms with Gasteiger partial charge in [0, 0.05) is 0 Å². The number of allylic oxidation sites excluding steroid dienone is 4. The van der Waals surface area contributed by atoms with Gasteiger partial charge < -0.3 is 4.74 Å². The number of hydrogen-bond acceptors (Lipinski definition) is 2. The van der Waals surface area contributed by atoms with E-state index in [4.69, 9.17) is 4.74 Å². The van der Waals surface area contributed by atoms with Crippen molar-refractivity contribution in [2.45, 2.75) is 6.42 Å². The topological polar surface area (TPSA) is 26.3 Å². The van der Waals surface area contributed by atoms with E-state index in [1.165, 1.54) is 0 Å². The Kier molecular flexibility index (Phi) is 2.21. The molecule has 0 N–H and O–H groups in total. The number of ketones is 1. The van der Waals surface area contributed by atoms with E-state index in [1.54, 1.807) is 6.08 Å². The molecule has 1 unspecified atom stereocenters. The second kappa shape index (κ2) is 3.59. The number of carbonyl (C=O) groups excluding carboxylic acids is 1. The summed E-state index contributed by atoms with van der Waals surface area (Å²) in [6.07, 6.45) is 4.35. The van der Waals surface area contributed by atoms with E-state index in [1.807, 2.05) is 30.3 Å². The molecule has 0 amide bonds. The number of rotatable bonds is 0. The standard InChI is InChI=1S/C13H9BrO2/c14-10-5-6-12-9(13(10)15)7-8-3-1-2-4-11(8)16-12/h1-6,9H,7H2. The van der Waals surface area contributed by atoms with Gasteiger partial charge >= 0.3 is 0 Å². The van der Waals surface area contributed by atoms with Gasteiger partial charge in [-0.2, -0.15) is 0 Å². The van der Waals surface area contributed by atoms with Crippen LogP contribution in [0.3, 0.4) is 0 Å². The van der Waals surface area contributed by atoms with Crippen molar-refractivity contribution in [3.05, 3.63) is 52.2 Å². The SMILES string of the molecule is O=C1C(Br)=CC=C2Oc3ccccc3CC12. The first kappa shape index (κ1) is 9.85. The first-order valence-corrected chi connectivity index (χ1v) is 5.92. The van der Waals surface area contributed by atoms with Crippen LogP contribution >= 0.6 is 15.9 Å². The highest BCUT2D eigenvalue weighted by Crippen LogP contribution is 2.37. The maximum absolute atomic E-state index is 11.9. The Morgan fingerprint density at radius 2 is 2.06 bits per heavy atom. The molecule has 1 aliphatic heterocycles. The van der Waals surface area contributed by atoms with Gasteiger partial charge in [-0.25, -0.2) is 0 Å². The van der Waals surface area contributed by atoms with Crippen molar-refractivity contribution in [2.24, 2.45) is 5.92 Å². The van der Waals surface area contributed by atoms with Gasteiger partial charge in [0.1, 0.15) is 11.5 Å². The molecule has 1 aromatic rings. The highest BCUT2D eigenvalue weighted by atomic mass is 79.9. The molecule has 1 aliphatic carbocycles. The Morgan fingerprint density at radius 1 is 1.25 bits per heavy atom. The van der Waals surface area contributed by atoms with Crippen molar-refractivity contribution >= 4 is 21.7 Å². The van der Waals surface area contributed by atoms with Crippen LogP contribution in [0.2, 0.25) is 0 Å². The Hall–Kier alpha value is -1.35. The first-order chi connectivity index (χ1) is 7.75. The molecule has 3 heteroatoms. The molecular formula is C13H9BrO2. The van der Waals surface area contributed by atoms with Gasteiger partial charge in [-0.15, -0.1) is 0 Å². The van der Waals surface area contributed by atoms with Crippen LogP contribution in [-0.4, -0.2) is 5.78 Å². The zero-order valence-corrected chi connectivity index (χ0v) is 10.0. The number of fused-ring (bicyclic) bond motifs is 2. The molecule has 0 aromatic heterocycles. The molecule has 1 heterocycles. The summed E-state index contributed by atoms with van der Waals surface area (Å²) in [4.78, 5) is 11.9. The number of benzene rings is 1. The third kappa shape index (κ3) is 1.43. The van der Waals surface area contributed by atoms with Gasteiger partial charge in [-0.3, -0.25) is 4.79 Å². The number of para-hydroxylation sites is 1. The average molecular weight is 277 g/mol. The summed E-state index contributed by atoms with van der Waals surface area (Å²) in [6.45, 7) is 0. The van der Waals surface area contributed by atoms with Gasteiger partial charge in [0.15, 0.2) is 5.78 Å². The van der Waals surface area contributed by atoms with Crippen LogP contribution in [-0.2, 0) is 11.2 Å². The highest BCUT2D eigenvalue weighted by Gasteiger charge is 2.33. The maximum atomic E-state index is 11.9. The summed E-state index contributed by atoms with van der Waals surface area (Å²) in [6, 6.07) is 7.85. The lowest BCUT2D eigenvalue weighted by Crippen LogP contribution is -2.28. The van der Waals surface area contributed by atoms with Gasteiger partial charge in [-0.05, 0) is 46.1 Å². The minimum Gasteiger partial charge on any atom is -0.461 e. The molecule has 0 saturated heterocycles. The number of halogens is 1. The van der Waals surface area contributed by atoms with Crippen molar-refractivity contribution < 1.29 is 9.53 Å². The Labute approximate surface area is 102 Å². The molecule has 80 valence electrons. The first-order valence-electron chi connectivity index (χ1n) is 5.13. The summed E-state index contributed by atoms with van der Waals surface area (Å²) in [7, 11) is 0. The third-order valence-electron chi connectivity index (χ3n) is 2.91. The second-order valence-electron chi connectivity index (χ2n) is 3.91. The van der Waals surface area contributed by atoms with Crippen LogP contribution in [0, 0.1) is 5.92 Å². The third-order valence-corrected chi connectivity index (χ3v) is 3.57. The lowest BCUT2D eigenvalue weighted by atomic mass is 9.88. The van der Waals surface area contributed by atoms with Gasteiger partial charge in [0.25, 0.3) is 0 Å². The van der Waals surface area contributed by atoms with Crippen molar-refractivity contribution in [3.63, 3.8) is 0 Å². The fourth-order valence-corrected chi connectivity index (χ4v) is 2.48. The molecule has 2 aliphatic rings. The molecule has 0 spiro atoms. The summed E-state index contributed by atoms with van der Waals surface area (Å²) < 4.78 is 6.36. The monoisotopic (exact) mass is 276 g/mol. The van der Waals surface area contributed by atoms with Crippen molar-refractivity contribution in [1.82, 2.24) is 0 Å². The second-order valence-corrected chi connectivity index (χ2v) is 4.77. The number of ether oxygens (including phenoxy) is 1. The summed E-state index contributed by atoms with van der Waals surface area (Å²) >= 11 is 3.27. The molecule has 16 heavy (non-hydrogen) atoms. The van der Waals surface area contributed by atoms with E-state index in [0.717, 1.165) is 23.5 Å². The normalized spacial score (nSPS) is 22.6. The number of hydrogen-bond donors (Lipinski definition) is 0. The molecular weight excluding hydrogens is 268 g/mol. The van der Waals surface area contributed by atoms with E-state index >= 15 is 0 Å². The highest BCUT2D eigenvalue weighted by molar-refractivity contribution is 9.12. The molecule has 0 radical (unpaired) electrons. The Bertz CT molecular complexity index is 528. The molecule has 0 bridgehead atoms. The quantitative estimate of drug-likeness (QED) is 0.728. The molecule has 0 fully saturated rings. The molecule has 1 atom stereocenters. The number of Topliss-reactive ketones (excluding diaryl/α,β-unsaturated/α-hetero) is 1. The Morgan fingerprint density at radius 3 is 2.94 bits per heavy atom.